The lowest BCUT2D eigenvalue weighted by Gasteiger charge is -2.19. The summed E-state index contributed by atoms with van der Waals surface area (Å²) >= 11 is 16.3. The molecule has 0 radical (unpaired) electrons. The number of carbonyl (C=O) groups excluding carboxylic acids is 1. The number of hydrogen-bond acceptors (Lipinski definition) is 2. The predicted molar refractivity (Wildman–Crippen MR) is 74.2 cm³/mol. The fraction of sp³-hybridized carbons (Fsp3) is 0.500. The maximum absolute atomic E-state index is 11.9. The quantitative estimate of drug-likeness (QED) is 0.814. The van der Waals surface area contributed by atoms with Crippen LogP contribution >= 0.6 is 50.5 Å². The van der Waals surface area contributed by atoms with Crippen molar-refractivity contribution in [3.8, 4) is 0 Å². The molecule has 1 aromatic heterocycles. The molecule has 0 aromatic carbocycles. The number of hydrogen-bond donors (Lipinski definition) is 1. The first kappa shape index (κ1) is 14.3. The molecule has 2 nitrogen and oxygen atoms in total. The molecule has 0 aliphatic rings. The zero-order valence-corrected chi connectivity index (χ0v) is 12.8. The van der Waals surface area contributed by atoms with Crippen molar-refractivity contribution in [2.75, 3.05) is 5.33 Å². The van der Waals surface area contributed by atoms with Crippen molar-refractivity contribution in [1.29, 1.82) is 0 Å². The number of halogens is 3. The minimum atomic E-state index is -0.175. The third-order valence-corrected chi connectivity index (χ3v) is 4.37. The van der Waals surface area contributed by atoms with Crippen molar-refractivity contribution in [1.82, 2.24) is 5.32 Å². The topological polar surface area (TPSA) is 29.1 Å². The van der Waals surface area contributed by atoms with Crippen LogP contribution in [0.5, 0.6) is 0 Å². The number of nitrogens with one attached hydrogen (secondary N) is 1. The summed E-state index contributed by atoms with van der Waals surface area (Å²) in [7, 11) is 0. The van der Waals surface area contributed by atoms with E-state index in [1.165, 1.54) is 11.3 Å². The second-order valence-corrected chi connectivity index (χ2v) is 6.65. The molecule has 0 fully saturated rings. The van der Waals surface area contributed by atoms with E-state index < -0.39 is 0 Å². The highest BCUT2D eigenvalue weighted by Gasteiger charge is 2.19. The summed E-state index contributed by atoms with van der Waals surface area (Å²) in [6.07, 6.45) is 0. The molecular formula is C10H12BrCl2NOS. The summed E-state index contributed by atoms with van der Waals surface area (Å²) in [6, 6.07) is 1.68. The van der Waals surface area contributed by atoms with Gasteiger partial charge in [0.1, 0.15) is 4.34 Å². The summed E-state index contributed by atoms with van der Waals surface area (Å²) in [4.78, 5) is 11.9. The standard InChI is InChI=1S/C10H12BrCl2NOS/c1-5(2)7(4-11)14-10(15)6-3-8(12)16-9(6)13/h3,5,7H,4H2,1-2H3,(H,14,15). The molecule has 1 aromatic rings. The van der Waals surface area contributed by atoms with E-state index in [1.807, 2.05) is 0 Å². The van der Waals surface area contributed by atoms with Crippen LogP contribution in [0.4, 0.5) is 0 Å². The molecule has 1 N–H and O–H groups in total. The Morgan fingerprint density at radius 2 is 2.19 bits per heavy atom. The maximum atomic E-state index is 11.9. The fourth-order valence-electron chi connectivity index (χ4n) is 1.12. The Bertz CT molecular complexity index is 381. The average Bonchev–Trinajstić information content (AvgIpc) is 2.53. The molecule has 0 saturated heterocycles. The number of alkyl halides is 1. The summed E-state index contributed by atoms with van der Waals surface area (Å²) in [6.45, 7) is 4.10. The highest BCUT2D eigenvalue weighted by Crippen LogP contribution is 2.31. The van der Waals surface area contributed by atoms with Crippen molar-refractivity contribution in [2.45, 2.75) is 19.9 Å². The first-order valence-corrected chi connectivity index (χ1v) is 7.46. The van der Waals surface area contributed by atoms with Gasteiger partial charge in [0.25, 0.3) is 5.91 Å². The molecule has 6 heteroatoms. The van der Waals surface area contributed by atoms with Gasteiger partial charge in [-0.3, -0.25) is 4.79 Å². The summed E-state index contributed by atoms with van der Waals surface area (Å²) in [5, 5.41) is 3.63. The van der Waals surface area contributed by atoms with Gasteiger partial charge in [0.05, 0.1) is 9.90 Å². The van der Waals surface area contributed by atoms with Gasteiger partial charge in [0.15, 0.2) is 0 Å². The molecule has 1 amide bonds. The first-order valence-electron chi connectivity index (χ1n) is 4.77. The van der Waals surface area contributed by atoms with Gasteiger partial charge < -0.3 is 5.32 Å². The Labute approximate surface area is 117 Å². The monoisotopic (exact) mass is 343 g/mol. The smallest absolute Gasteiger partial charge is 0.253 e. The Hall–Kier alpha value is 0.230. The van der Waals surface area contributed by atoms with Crippen LogP contribution in [-0.2, 0) is 0 Å². The van der Waals surface area contributed by atoms with Crippen LogP contribution in [0.2, 0.25) is 8.67 Å². The second-order valence-electron chi connectivity index (χ2n) is 3.72. The average molecular weight is 345 g/mol. The van der Waals surface area contributed by atoms with Gasteiger partial charge in [-0.25, -0.2) is 0 Å². The van der Waals surface area contributed by atoms with Crippen molar-refractivity contribution < 1.29 is 4.79 Å². The van der Waals surface area contributed by atoms with Gasteiger partial charge in [-0.2, -0.15) is 0 Å². The van der Waals surface area contributed by atoms with E-state index in [2.05, 4.69) is 35.1 Å². The molecule has 1 rings (SSSR count). The number of thiophene rings is 1. The maximum Gasteiger partial charge on any atom is 0.253 e. The van der Waals surface area contributed by atoms with Crippen LogP contribution in [0, 0.1) is 5.92 Å². The molecule has 0 aliphatic carbocycles. The van der Waals surface area contributed by atoms with Crippen LogP contribution in [0.1, 0.15) is 24.2 Å². The van der Waals surface area contributed by atoms with E-state index >= 15 is 0 Å². The molecule has 0 saturated carbocycles. The molecule has 16 heavy (non-hydrogen) atoms. The van der Waals surface area contributed by atoms with Crippen LogP contribution in [0.15, 0.2) is 6.07 Å². The highest BCUT2D eigenvalue weighted by molar-refractivity contribution is 9.09. The Balaban J connectivity index is 2.75. The normalized spacial score (nSPS) is 12.9. The van der Waals surface area contributed by atoms with E-state index in [-0.39, 0.29) is 11.9 Å². The molecule has 90 valence electrons. The van der Waals surface area contributed by atoms with Crippen molar-refractivity contribution in [3.05, 3.63) is 20.3 Å². The third kappa shape index (κ3) is 3.62. The van der Waals surface area contributed by atoms with Crippen molar-refractivity contribution in [2.24, 2.45) is 5.92 Å². The Morgan fingerprint density at radius 1 is 1.56 bits per heavy atom. The zero-order valence-electron chi connectivity index (χ0n) is 8.89. The largest absolute Gasteiger partial charge is 0.348 e. The van der Waals surface area contributed by atoms with E-state index in [4.69, 9.17) is 23.2 Å². The Morgan fingerprint density at radius 3 is 2.56 bits per heavy atom. The molecule has 0 aliphatic heterocycles. The molecule has 0 spiro atoms. The van der Waals surface area contributed by atoms with Crippen molar-refractivity contribution >= 4 is 56.4 Å². The fourth-order valence-corrected chi connectivity index (χ4v) is 3.49. The van der Waals surface area contributed by atoms with E-state index in [1.54, 1.807) is 6.07 Å². The summed E-state index contributed by atoms with van der Waals surface area (Å²) < 4.78 is 0.953. The van der Waals surface area contributed by atoms with E-state index in [0.29, 0.717) is 25.5 Å². The molecule has 1 unspecified atom stereocenters. The molecular weight excluding hydrogens is 333 g/mol. The number of amides is 1. The van der Waals surface area contributed by atoms with E-state index in [0.717, 1.165) is 0 Å². The van der Waals surface area contributed by atoms with E-state index in [9.17, 15) is 4.79 Å². The van der Waals surface area contributed by atoms with Gasteiger partial charge in [0, 0.05) is 11.4 Å². The van der Waals surface area contributed by atoms with Gasteiger partial charge in [0.2, 0.25) is 0 Å². The lowest BCUT2D eigenvalue weighted by Crippen LogP contribution is -2.39. The predicted octanol–water partition coefficient (Wildman–Crippen LogP) is 4.20. The minimum absolute atomic E-state index is 0.0854. The third-order valence-electron chi connectivity index (χ3n) is 2.19. The Kier molecular flexibility index (Phi) is 5.57. The number of carbonyl (C=O) groups is 1. The minimum Gasteiger partial charge on any atom is -0.348 e. The van der Waals surface area contributed by atoms with Crippen LogP contribution < -0.4 is 5.32 Å². The van der Waals surface area contributed by atoms with Crippen molar-refractivity contribution in [3.63, 3.8) is 0 Å². The SMILES string of the molecule is CC(C)C(CBr)NC(=O)c1cc(Cl)sc1Cl. The number of rotatable bonds is 4. The zero-order chi connectivity index (χ0) is 12.3. The van der Waals surface area contributed by atoms with Crippen LogP contribution in [-0.4, -0.2) is 17.3 Å². The van der Waals surface area contributed by atoms with Gasteiger partial charge in [-0.1, -0.05) is 53.0 Å². The molecule has 1 heterocycles. The lowest BCUT2D eigenvalue weighted by molar-refractivity contribution is 0.0932. The summed E-state index contributed by atoms with van der Waals surface area (Å²) in [5.74, 6) is 0.183. The molecule has 1 atom stereocenters. The van der Waals surface area contributed by atoms with Gasteiger partial charge >= 0.3 is 0 Å². The lowest BCUT2D eigenvalue weighted by atomic mass is 10.1. The first-order chi connectivity index (χ1) is 7.45. The summed E-state index contributed by atoms with van der Waals surface area (Å²) in [5.41, 5.74) is 0.447. The van der Waals surface area contributed by atoms with Crippen LogP contribution in [0.3, 0.4) is 0 Å². The van der Waals surface area contributed by atoms with Crippen LogP contribution in [0.25, 0.3) is 0 Å². The molecule has 0 bridgehead atoms. The second kappa shape index (κ2) is 6.24. The van der Waals surface area contributed by atoms with Gasteiger partial charge in [-0.15, -0.1) is 11.3 Å². The highest BCUT2D eigenvalue weighted by atomic mass is 79.9. The van der Waals surface area contributed by atoms with Gasteiger partial charge in [-0.05, 0) is 12.0 Å².